The molecule has 0 spiro atoms. The Morgan fingerprint density at radius 2 is 1.88 bits per heavy atom. The van der Waals surface area contributed by atoms with Gasteiger partial charge in [-0.05, 0) is 19.8 Å². The number of rotatable bonds is 4. The van der Waals surface area contributed by atoms with Crippen molar-refractivity contribution in [2.75, 3.05) is 5.73 Å². The van der Waals surface area contributed by atoms with Gasteiger partial charge in [0.2, 0.25) is 14.9 Å². The maximum Gasteiger partial charge on any atom is 0.221 e. The van der Waals surface area contributed by atoms with Crippen LogP contribution in [0.15, 0.2) is 5.03 Å². The third-order valence-corrected chi connectivity index (χ3v) is 4.24. The van der Waals surface area contributed by atoms with Crippen molar-refractivity contribution in [3.8, 4) is 0 Å². The third-order valence-electron chi connectivity index (χ3n) is 2.17. The lowest BCUT2D eigenvalue weighted by molar-refractivity contribution is 0.477. The molecule has 16 heavy (non-hydrogen) atoms. The highest BCUT2D eigenvalue weighted by atomic mass is 32.2. The van der Waals surface area contributed by atoms with Crippen molar-refractivity contribution in [2.45, 2.75) is 44.5 Å². The second-order valence-corrected chi connectivity index (χ2v) is 6.87. The summed E-state index contributed by atoms with van der Waals surface area (Å²) in [7, 11) is -3.44. The lowest BCUT2D eigenvalue weighted by Gasteiger charge is -2.07. The van der Waals surface area contributed by atoms with Crippen LogP contribution in [0.4, 0.5) is 5.82 Å². The Bertz CT molecular complexity index is 462. The maximum atomic E-state index is 11.9. The first-order valence-electron chi connectivity index (χ1n) is 5.19. The molecular weight excluding hydrogens is 228 g/mol. The zero-order valence-corrected chi connectivity index (χ0v) is 10.8. The van der Waals surface area contributed by atoms with Gasteiger partial charge in [0.15, 0.2) is 5.82 Å². The Hall–Kier alpha value is -1.11. The van der Waals surface area contributed by atoms with Gasteiger partial charge in [0.05, 0.1) is 5.25 Å². The summed E-state index contributed by atoms with van der Waals surface area (Å²) in [5.41, 5.74) is 5.73. The molecule has 1 rings (SSSR count). The Kier molecular flexibility index (Phi) is 3.57. The van der Waals surface area contributed by atoms with Crippen LogP contribution < -0.4 is 5.73 Å². The minimum Gasteiger partial charge on any atom is -0.381 e. The Balaban J connectivity index is 3.15. The number of hydrogen-bond donors (Lipinski definition) is 1. The summed E-state index contributed by atoms with van der Waals surface area (Å²) in [4.78, 5) is 0. The van der Waals surface area contributed by atoms with Crippen molar-refractivity contribution in [2.24, 2.45) is 5.92 Å². The van der Waals surface area contributed by atoms with Gasteiger partial charge in [-0.3, -0.25) is 0 Å². The van der Waals surface area contributed by atoms with E-state index in [0.717, 1.165) is 0 Å². The highest BCUT2D eigenvalue weighted by Crippen LogP contribution is 2.20. The van der Waals surface area contributed by atoms with E-state index in [-0.39, 0.29) is 10.8 Å². The fourth-order valence-corrected chi connectivity index (χ4v) is 2.20. The van der Waals surface area contributed by atoms with E-state index in [1.165, 1.54) is 4.68 Å². The summed E-state index contributed by atoms with van der Waals surface area (Å²) in [6.45, 7) is 7.74. The van der Waals surface area contributed by atoms with Crippen molar-refractivity contribution in [3.05, 3.63) is 0 Å². The van der Waals surface area contributed by atoms with Crippen molar-refractivity contribution in [1.29, 1.82) is 0 Å². The number of aromatic nitrogens is 3. The monoisotopic (exact) mass is 246 g/mol. The standard InChI is InChI=1S/C9H18N4O2S/c1-6(2)5-13-8(10)9(11-12-13)16(14,15)7(3)4/h6-7H,5,10H2,1-4H3. The van der Waals surface area contributed by atoms with Crippen molar-refractivity contribution < 1.29 is 8.42 Å². The largest absolute Gasteiger partial charge is 0.381 e. The molecule has 6 nitrogen and oxygen atoms in total. The van der Waals surface area contributed by atoms with E-state index in [1.54, 1.807) is 13.8 Å². The Labute approximate surface area is 95.7 Å². The molecule has 0 amide bonds. The van der Waals surface area contributed by atoms with Crippen LogP contribution in [-0.2, 0) is 16.4 Å². The fourth-order valence-electron chi connectivity index (χ4n) is 1.21. The number of nitrogen functional groups attached to an aromatic ring is 1. The molecule has 1 aromatic heterocycles. The number of anilines is 1. The average molecular weight is 246 g/mol. The first-order valence-corrected chi connectivity index (χ1v) is 6.74. The summed E-state index contributed by atoms with van der Waals surface area (Å²) >= 11 is 0. The van der Waals surface area contributed by atoms with Crippen LogP contribution in [0, 0.1) is 5.92 Å². The van der Waals surface area contributed by atoms with Crippen LogP contribution in [0.2, 0.25) is 0 Å². The third kappa shape index (κ3) is 2.34. The van der Waals surface area contributed by atoms with E-state index >= 15 is 0 Å². The van der Waals surface area contributed by atoms with Gasteiger partial charge in [-0.1, -0.05) is 19.1 Å². The number of nitrogens with two attached hydrogens (primary N) is 1. The second kappa shape index (κ2) is 4.40. The Morgan fingerprint density at radius 1 is 1.31 bits per heavy atom. The van der Waals surface area contributed by atoms with Crippen LogP contribution in [0.1, 0.15) is 27.7 Å². The van der Waals surface area contributed by atoms with Gasteiger partial charge in [0.25, 0.3) is 0 Å². The van der Waals surface area contributed by atoms with Gasteiger partial charge < -0.3 is 5.73 Å². The topological polar surface area (TPSA) is 90.9 Å². The van der Waals surface area contributed by atoms with E-state index < -0.39 is 15.1 Å². The molecule has 0 aliphatic carbocycles. The summed E-state index contributed by atoms with van der Waals surface area (Å²) in [6, 6.07) is 0. The normalized spacial score (nSPS) is 12.6. The van der Waals surface area contributed by atoms with E-state index in [0.29, 0.717) is 12.5 Å². The molecule has 0 fully saturated rings. The molecule has 0 saturated carbocycles. The molecule has 2 N–H and O–H groups in total. The van der Waals surface area contributed by atoms with Gasteiger partial charge in [-0.15, -0.1) is 5.10 Å². The lowest BCUT2D eigenvalue weighted by Crippen LogP contribution is -2.17. The first-order chi connectivity index (χ1) is 7.26. The van der Waals surface area contributed by atoms with E-state index in [2.05, 4.69) is 10.3 Å². The number of sulfone groups is 1. The van der Waals surface area contributed by atoms with E-state index in [9.17, 15) is 8.42 Å². The Morgan fingerprint density at radius 3 is 2.31 bits per heavy atom. The summed E-state index contributed by atoms with van der Waals surface area (Å²) in [5, 5.41) is 6.78. The van der Waals surface area contributed by atoms with Crippen LogP contribution in [0.3, 0.4) is 0 Å². The highest BCUT2D eigenvalue weighted by Gasteiger charge is 2.27. The average Bonchev–Trinajstić information content (AvgIpc) is 2.47. The molecule has 0 aromatic carbocycles. The molecule has 0 aliphatic rings. The molecule has 0 bridgehead atoms. The summed E-state index contributed by atoms with van der Waals surface area (Å²) < 4.78 is 25.1. The summed E-state index contributed by atoms with van der Waals surface area (Å²) in [5.74, 6) is 0.459. The van der Waals surface area contributed by atoms with Gasteiger partial charge in [0, 0.05) is 6.54 Å². The van der Waals surface area contributed by atoms with Crippen molar-refractivity contribution >= 4 is 15.7 Å². The van der Waals surface area contributed by atoms with Gasteiger partial charge >= 0.3 is 0 Å². The highest BCUT2D eigenvalue weighted by molar-refractivity contribution is 7.92. The molecule has 0 saturated heterocycles. The fraction of sp³-hybridized carbons (Fsp3) is 0.778. The van der Waals surface area contributed by atoms with Gasteiger partial charge in [-0.2, -0.15) is 0 Å². The van der Waals surface area contributed by atoms with Crippen LogP contribution in [0.25, 0.3) is 0 Å². The van der Waals surface area contributed by atoms with Gasteiger partial charge in [-0.25, -0.2) is 13.1 Å². The van der Waals surface area contributed by atoms with E-state index in [1.807, 2.05) is 13.8 Å². The quantitative estimate of drug-likeness (QED) is 0.844. The van der Waals surface area contributed by atoms with Crippen LogP contribution in [0.5, 0.6) is 0 Å². The second-order valence-electron chi connectivity index (χ2n) is 4.45. The maximum absolute atomic E-state index is 11.9. The first kappa shape index (κ1) is 13.0. The zero-order chi connectivity index (χ0) is 12.5. The molecule has 0 radical (unpaired) electrons. The molecule has 1 heterocycles. The van der Waals surface area contributed by atoms with Gasteiger partial charge in [0.1, 0.15) is 0 Å². The number of nitrogens with zero attached hydrogens (tertiary/aromatic N) is 3. The predicted octanol–water partition coefficient (Wildman–Crippen LogP) is 0.698. The van der Waals surface area contributed by atoms with Crippen LogP contribution in [-0.4, -0.2) is 28.7 Å². The lowest BCUT2D eigenvalue weighted by atomic mass is 10.2. The summed E-state index contributed by atoms with van der Waals surface area (Å²) in [6.07, 6.45) is 0. The van der Waals surface area contributed by atoms with Crippen molar-refractivity contribution in [1.82, 2.24) is 15.0 Å². The predicted molar refractivity (Wildman–Crippen MR) is 61.6 cm³/mol. The molecule has 92 valence electrons. The molecule has 1 aromatic rings. The molecule has 0 atom stereocenters. The minimum absolute atomic E-state index is 0.108. The number of hydrogen-bond acceptors (Lipinski definition) is 5. The zero-order valence-electron chi connectivity index (χ0n) is 10.0. The minimum atomic E-state index is -3.44. The molecule has 0 unspecified atom stereocenters. The van der Waals surface area contributed by atoms with Crippen molar-refractivity contribution in [3.63, 3.8) is 0 Å². The molecule has 7 heteroatoms. The SMILES string of the molecule is CC(C)Cn1nnc(S(=O)(=O)C(C)C)c1N. The smallest absolute Gasteiger partial charge is 0.221 e. The van der Waals surface area contributed by atoms with Crippen LogP contribution >= 0.6 is 0 Å². The molecular formula is C9H18N4O2S. The van der Waals surface area contributed by atoms with E-state index in [4.69, 9.17) is 5.73 Å². The molecule has 0 aliphatic heterocycles.